The third kappa shape index (κ3) is 4.63. The number of aryl methyl sites for hydroxylation is 2. The summed E-state index contributed by atoms with van der Waals surface area (Å²) in [5.74, 6) is 0.931. The van der Waals surface area contributed by atoms with Crippen molar-refractivity contribution in [1.82, 2.24) is 19.7 Å². The second kappa shape index (κ2) is 9.26. The fraction of sp³-hybridized carbons (Fsp3) is 0.364. The molecule has 0 radical (unpaired) electrons. The normalized spacial score (nSPS) is 10.9. The SMILES string of the molecule is CCCCc1nc(Cc2ccc(-c3ccncc3C(=O)O)cc2)n(CCC)n1. The predicted molar refractivity (Wildman–Crippen MR) is 108 cm³/mol. The van der Waals surface area contributed by atoms with Crippen LogP contribution in [0.4, 0.5) is 0 Å². The second-order valence-electron chi connectivity index (χ2n) is 6.87. The molecule has 6 heteroatoms. The van der Waals surface area contributed by atoms with Crippen molar-refractivity contribution in [2.24, 2.45) is 0 Å². The topological polar surface area (TPSA) is 80.9 Å². The highest BCUT2D eigenvalue weighted by Gasteiger charge is 2.13. The average Bonchev–Trinajstić information content (AvgIpc) is 3.08. The van der Waals surface area contributed by atoms with E-state index < -0.39 is 5.97 Å². The Balaban J connectivity index is 1.81. The van der Waals surface area contributed by atoms with E-state index in [9.17, 15) is 9.90 Å². The molecular formula is C22H26N4O2. The maximum atomic E-state index is 11.4. The molecule has 6 nitrogen and oxygen atoms in total. The predicted octanol–water partition coefficient (Wildman–Crippen LogP) is 4.38. The maximum Gasteiger partial charge on any atom is 0.337 e. The molecule has 0 fully saturated rings. The molecule has 0 aliphatic heterocycles. The van der Waals surface area contributed by atoms with Crippen molar-refractivity contribution in [2.45, 2.75) is 52.5 Å². The van der Waals surface area contributed by atoms with Crippen molar-refractivity contribution in [1.29, 1.82) is 0 Å². The molecule has 1 N–H and O–H groups in total. The average molecular weight is 378 g/mol. The molecule has 0 amide bonds. The number of aromatic nitrogens is 4. The number of hydrogen-bond donors (Lipinski definition) is 1. The third-order valence-electron chi connectivity index (χ3n) is 4.66. The minimum atomic E-state index is -0.973. The molecule has 0 aliphatic rings. The summed E-state index contributed by atoms with van der Waals surface area (Å²) < 4.78 is 2.02. The molecule has 0 saturated carbocycles. The smallest absolute Gasteiger partial charge is 0.337 e. The van der Waals surface area contributed by atoms with Crippen LogP contribution in [0.3, 0.4) is 0 Å². The van der Waals surface area contributed by atoms with Gasteiger partial charge in [0.05, 0.1) is 5.56 Å². The first-order chi connectivity index (χ1) is 13.6. The van der Waals surface area contributed by atoms with Crippen molar-refractivity contribution >= 4 is 5.97 Å². The van der Waals surface area contributed by atoms with Crippen LogP contribution >= 0.6 is 0 Å². The Labute approximate surface area is 165 Å². The van der Waals surface area contributed by atoms with E-state index in [2.05, 4.69) is 23.9 Å². The Morgan fingerprint density at radius 2 is 1.89 bits per heavy atom. The van der Waals surface area contributed by atoms with Gasteiger partial charge in [0.15, 0.2) is 5.82 Å². The quantitative estimate of drug-likeness (QED) is 0.597. The van der Waals surface area contributed by atoms with E-state index in [0.717, 1.165) is 55.0 Å². The molecule has 0 atom stereocenters. The fourth-order valence-corrected chi connectivity index (χ4v) is 3.19. The lowest BCUT2D eigenvalue weighted by Crippen LogP contribution is -2.06. The second-order valence-corrected chi connectivity index (χ2v) is 6.87. The van der Waals surface area contributed by atoms with Crippen LogP contribution in [0.1, 0.15) is 60.7 Å². The van der Waals surface area contributed by atoms with Crippen molar-refractivity contribution in [3.63, 3.8) is 0 Å². The van der Waals surface area contributed by atoms with Crippen molar-refractivity contribution in [3.05, 3.63) is 65.5 Å². The van der Waals surface area contributed by atoms with E-state index in [-0.39, 0.29) is 5.56 Å². The zero-order valence-corrected chi connectivity index (χ0v) is 16.4. The summed E-state index contributed by atoms with van der Waals surface area (Å²) in [5, 5.41) is 14.0. The van der Waals surface area contributed by atoms with E-state index in [1.807, 2.05) is 28.9 Å². The van der Waals surface area contributed by atoms with Crippen LogP contribution in [-0.2, 0) is 19.4 Å². The van der Waals surface area contributed by atoms with E-state index in [1.165, 1.54) is 6.20 Å². The van der Waals surface area contributed by atoms with Gasteiger partial charge in [-0.2, -0.15) is 5.10 Å². The Morgan fingerprint density at radius 3 is 2.57 bits per heavy atom. The Kier molecular flexibility index (Phi) is 6.53. The van der Waals surface area contributed by atoms with Gasteiger partial charge in [0.2, 0.25) is 0 Å². The summed E-state index contributed by atoms with van der Waals surface area (Å²) in [6, 6.07) is 9.69. The maximum absolute atomic E-state index is 11.4. The number of carboxylic acids is 1. The van der Waals surface area contributed by atoms with Gasteiger partial charge in [-0.15, -0.1) is 0 Å². The highest BCUT2D eigenvalue weighted by atomic mass is 16.4. The van der Waals surface area contributed by atoms with Gasteiger partial charge in [-0.05, 0) is 35.6 Å². The molecule has 1 aromatic carbocycles. The molecule has 2 heterocycles. The molecule has 3 aromatic rings. The van der Waals surface area contributed by atoms with Crippen LogP contribution in [0.25, 0.3) is 11.1 Å². The molecule has 3 rings (SSSR count). The molecule has 0 spiro atoms. The number of pyridine rings is 1. The summed E-state index contributed by atoms with van der Waals surface area (Å²) in [7, 11) is 0. The van der Waals surface area contributed by atoms with Crippen LogP contribution < -0.4 is 0 Å². The lowest BCUT2D eigenvalue weighted by atomic mass is 10.00. The zero-order valence-electron chi connectivity index (χ0n) is 16.4. The highest BCUT2D eigenvalue weighted by molar-refractivity contribution is 5.95. The molecule has 28 heavy (non-hydrogen) atoms. The van der Waals surface area contributed by atoms with Gasteiger partial charge in [0.25, 0.3) is 0 Å². The third-order valence-corrected chi connectivity index (χ3v) is 4.66. The monoisotopic (exact) mass is 378 g/mol. The first kappa shape index (κ1) is 19.7. The van der Waals surface area contributed by atoms with Crippen LogP contribution in [0, 0.1) is 0 Å². The number of nitrogens with zero attached hydrogens (tertiary/aromatic N) is 4. The molecule has 0 unspecified atom stereocenters. The van der Waals surface area contributed by atoms with Gasteiger partial charge in [0.1, 0.15) is 5.82 Å². The summed E-state index contributed by atoms with van der Waals surface area (Å²) in [5.41, 5.74) is 2.87. The van der Waals surface area contributed by atoms with E-state index >= 15 is 0 Å². The van der Waals surface area contributed by atoms with E-state index in [1.54, 1.807) is 12.3 Å². The van der Waals surface area contributed by atoms with Crippen molar-refractivity contribution < 1.29 is 9.90 Å². The largest absolute Gasteiger partial charge is 0.478 e. The number of hydrogen-bond acceptors (Lipinski definition) is 4. The van der Waals surface area contributed by atoms with E-state index in [0.29, 0.717) is 12.0 Å². The molecule has 2 aromatic heterocycles. The molecule has 146 valence electrons. The standard InChI is InChI=1S/C22H26N4O2/c1-3-5-6-20-24-21(26(25-20)13-4-2)14-16-7-9-17(10-8-16)18-11-12-23-15-19(18)22(27)28/h7-12,15H,3-6,13-14H2,1-2H3,(H,27,28). The van der Waals surface area contributed by atoms with Crippen LogP contribution in [0.15, 0.2) is 42.7 Å². The minimum absolute atomic E-state index is 0.207. The zero-order chi connectivity index (χ0) is 19.9. The van der Waals surface area contributed by atoms with E-state index in [4.69, 9.17) is 4.98 Å². The number of unbranched alkanes of at least 4 members (excludes halogenated alkanes) is 1. The van der Waals surface area contributed by atoms with Gasteiger partial charge in [-0.25, -0.2) is 14.5 Å². The Hall–Kier alpha value is -3.02. The Morgan fingerprint density at radius 1 is 1.11 bits per heavy atom. The van der Waals surface area contributed by atoms with Gasteiger partial charge in [0, 0.05) is 31.8 Å². The number of carboxylic acid groups (broad SMARTS) is 1. The summed E-state index contributed by atoms with van der Waals surface area (Å²) >= 11 is 0. The lowest BCUT2D eigenvalue weighted by molar-refractivity contribution is 0.0697. The summed E-state index contributed by atoms with van der Waals surface area (Å²) in [4.78, 5) is 20.1. The Bertz CT molecular complexity index is 932. The van der Waals surface area contributed by atoms with Crippen LogP contribution in [-0.4, -0.2) is 30.8 Å². The lowest BCUT2D eigenvalue weighted by Gasteiger charge is -2.08. The van der Waals surface area contributed by atoms with Crippen LogP contribution in [0.2, 0.25) is 0 Å². The molecule has 0 bridgehead atoms. The minimum Gasteiger partial charge on any atom is -0.478 e. The van der Waals surface area contributed by atoms with Gasteiger partial charge < -0.3 is 5.11 Å². The van der Waals surface area contributed by atoms with Crippen molar-refractivity contribution in [3.8, 4) is 11.1 Å². The van der Waals surface area contributed by atoms with Crippen LogP contribution in [0.5, 0.6) is 0 Å². The first-order valence-electron chi connectivity index (χ1n) is 9.81. The molecule has 0 aliphatic carbocycles. The molecule has 0 saturated heterocycles. The number of carbonyl (C=O) groups is 1. The number of rotatable bonds is 9. The number of benzene rings is 1. The van der Waals surface area contributed by atoms with Gasteiger partial charge >= 0.3 is 5.97 Å². The first-order valence-corrected chi connectivity index (χ1v) is 9.81. The van der Waals surface area contributed by atoms with Gasteiger partial charge in [-0.3, -0.25) is 4.98 Å². The summed E-state index contributed by atoms with van der Waals surface area (Å²) in [6.45, 7) is 5.18. The van der Waals surface area contributed by atoms with Gasteiger partial charge in [-0.1, -0.05) is 44.5 Å². The highest BCUT2D eigenvalue weighted by Crippen LogP contribution is 2.24. The fourth-order valence-electron chi connectivity index (χ4n) is 3.19. The molecular weight excluding hydrogens is 352 g/mol. The summed E-state index contributed by atoms with van der Waals surface area (Å²) in [6.07, 6.45) is 7.87. The van der Waals surface area contributed by atoms with Crippen molar-refractivity contribution in [2.75, 3.05) is 0 Å². The number of aromatic carboxylic acids is 1.